The highest BCUT2D eigenvalue weighted by molar-refractivity contribution is 5.99. The molecule has 1 saturated carbocycles. The van der Waals surface area contributed by atoms with Crippen molar-refractivity contribution in [2.75, 3.05) is 13.7 Å². The highest BCUT2D eigenvalue weighted by atomic mass is 16.5. The third-order valence-electron chi connectivity index (χ3n) is 6.18. The molecule has 1 aromatic rings. The molecule has 30 heavy (non-hydrogen) atoms. The maximum atomic E-state index is 13.1. The number of hydrogen-bond donors (Lipinski definition) is 3. The van der Waals surface area contributed by atoms with Crippen molar-refractivity contribution in [1.82, 2.24) is 10.6 Å². The number of phenols is 1. The summed E-state index contributed by atoms with van der Waals surface area (Å²) in [6, 6.07) is 2.79. The highest BCUT2D eigenvalue weighted by Crippen LogP contribution is 2.44. The van der Waals surface area contributed by atoms with E-state index in [0.29, 0.717) is 12.8 Å². The summed E-state index contributed by atoms with van der Waals surface area (Å²) < 4.78 is 10.5. The van der Waals surface area contributed by atoms with E-state index in [1.807, 2.05) is 6.92 Å². The van der Waals surface area contributed by atoms with Gasteiger partial charge in [0.15, 0.2) is 17.3 Å². The second-order valence-corrected chi connectivity index (χ2v) is 8.49. The number of Topliss-reactive ketones (excluding diaryl/α,β-unsaturated/α-hetero) is 1. The van der Waals surface area contributed by atoms with Crippen molar-refractivity contribution in [2.45, 2.75) is 64.1 Å². The molecule has 3 rings (SSSR count). The highest BCUT2D eigenvalue weighted by Gasteiger charge is 2.40. The van der Waals surface area contributed by atoms with Crippen LogP contribution in [0, 0.1) is 5.41 Å². The Morgan fingerprint density at radius 2 is 2.10 bits per heavy atom. The summed E-state index contributed by atoms with van der Waals surface area (Å²) in [7, 11) is 1.40. The third kappa shape index (κ3) is 4.75. The Kier molecular flexibility index (Phi) is 6.65. The van der Waals surface area contributed by atoms with E-state index in [9.17, 15) is 19.5 Å². The van der Waals surface area contributed by atoms with E-state index in [1.165, 1.54) is 25.3 Å². The standard InChI is InChI=1S/C22H30N2O6/c1-4-17-19(16(26)12-30-17)24-21(28)14(11-22(2)8-5-9-22)23-20(27)13-6-7-15(25)18(10-13)29-3/h6-7,10,14,17,19,25H,4-5,8-9,11-12H2,1-3H3,(H,23,27)(H,24,28)/t14-,17-,19+/m0/s1. The van der Waals surface area contributed by atoms with E-state index in [4.69, 9.17) is 9.47 Å². The number of hydrogen-bond acceptors (Lipinski definition) is 6. The van der Waals surface area contributed by atoms with Gasteiger partial charge >= 0.3 is 0 Å². The zero-order valence-electron chi connectivity index (χ0n) is 17.7. The van der Waals surface area contributed by atoms with E-state index < -0.39 is 18.0 Å². The molecule has 0 unspecified atom stereocenters. The number of nitrogens with one attached hydrogen (secondary N) is 2. The first-order valence-electron chi connectivity index (χ1n) is 10.4. The number of carbonyl (C=O) groups is 3. The van der Waals surface area contributed by atoms with E-state index >= 15 is 0 Å². The zero-order chi connectivity index (χ0) is 21.9. The summed E-state index contributed by atoms with van der Waals surface area (Å²) in [6.45, 7) is 3.99. The molecule has 0 aromatic heterocycles. The topological polar surface area (TPSA) is 114 Å². The van der Waals surface area contributed by atoms with Crippen molar-refractivity contribution in [3.63, 3.8) is 0 Å². The van der Waals surface area contributed by atoms with E-state index in [1.54, 1.807) is 0 Å². The minimum atomic E-state index is -0.784. The Balaban J connectivity index is 1.75. The van der Waals surface area contributed by atoms with Gasteiger partial charge in [-0.3, -0.25) is 14.4 Å². The second kappa shape index (κ2) is 9.04. The van der Waals surface area contributed by atoms with Gasteiger partial charge in [0.1, 0.15) is 18.7 Å². The van der Waals surface area contributed by atoms with Crippen LogP contribution in [0.2, 0.25) is 0 Å². The van der Waals surface area contributed by atoms with E-state index in [2.05, 4.69) is 17.6 Å². The number of ether oxygens (including phenoxy) is 2. The smallest absolute Gasteiger partial charge is 0.252 e. The van der Waals surface area contributed by atoms with Crippen LogP contribution >= 0.6 is 0 Å². The monoisotopic (exact) mass is 418 g/mol. The van der Waals surface area contributed by atoms with Crippen LogP contribution in [0.25, 0.3) is 0 Å². The van der Waals surface area contributed by atoms with Gasteiger partial charge in [0.05, 0.1) is 13.2 Å². The van der Waals surface area contributed by atoms with Gasteiger partial charge in [-0.1, -0.05) is 20.3 Å². The Labute approximate surface area is 176 Å². The maximum absolute atomic E-state index is 13.1. The second-order valence-electron chi connectivity index (χ2n) is 8.49. The van der Waals surface area contributed by atoms with Crippen LogP contribution in [0.4, 0.5) is 0 Å². The predicted octanol–water partition coefficient (Wildman–Crippen LogP) is 1.94. The van der Waals surface area contributed by atoms with Crippen molar-refractivity contribution in [2.24, 2.45) is 5.41 Å². The Bertz CT molecular complexity index is 820. The fraction of sp³-hybridized carbons (Fsp3) is 0.591. The first-order chi connectivity index (χ1) is 14.3. The first-order valence-corrected chi connectivity index (χ1v) is 10.4. The normalized spacial score (nSPS) is 23.4. The molecule has 0 radical (unpaired) electrons. The minimum Gasteiger partial charge on any atom is -0.504 e. The molecule has 1 heterocycles. The van der Waals surface area contributed by atoms with Crippen molar-refractivity contribution in [3.05, 3.63) is 23.8 Å². The summed E-state index contributed by atoms with van der Waals surface area (Å²) in [6.07, 6.45) is 3.82. The average molecular weight is 418 g/mol. The lowest BCUT2D eigenvalue weighted by atomic mass is 9.67. The summed E-state index contributed by atoms with van der Waals surface area (Å²) >= 11 is 0. The van der Waals surface area contributed by atoms with Crippen LogP contribution in [-0.4, -0.2) is 54.6 Å². The predicted molar refractivity (Wildman–Crippen MR) is 109 cm³/mol. The molecule has 1 saturated heterocycles. The molecule has 1 aliphatic carbocycles. The van der Waals surface area contributed by atoms with Crippen LogP contribution in [0.15, 0.2) is 18.2 Å². The number of phenolic OH excluding ortho intramolecular Hbond substituents is 1. The molecule has 1 aliphatic heterocycles. The van der Waals surface area contributed by atoms with Crippen LogP contribution in [0.3, 0.4) is 0 Å². The molecule has 8 nitrogen and oxygen atoms in total. The van der Waals surface area contributed by atoms with Crippen LogP contribution in [0.5, 0.6) is 11.5 Å². The lowest BCUT2D eigenvalue weighted by molar-refractivity contribution is -0.128. The quantitative estimate of drug-likeness (QED) is 0.595. The van der Waals surface area contributed by atoms with E-state index in [-0.39, 0.29) is 46.9 Å². The van der Waals surface area contributed by atoms with Gasteiger partial charge in [0.2, 0.25) is 5.91 Å². The lowest BCUT2D eigenvalue weighted by Crippen LogP contribution is -2.55. The number of carbonyl (C=O) groups excluding carboxylic acids is 3. The molecule has 3 N–H and O–H groups in total. The number of ketones is 1. The Morgan fingerprint density at radius 1 is 1.37 bits per heavy atom. The van der Waals surface area contributed by atoms with Gasteiger partial charge in [-0.15, -0.1) is 0 Å². The van der Waals surface area contributed by atoms with Gasteiger partial charge in [-0.05, 0) is 49.3 Å². The molecule has 0 bridgehead atoms. The van der Waals surface area contributed by atoms with Crippen molar-refractivity contribution in [1.29, 1.82) is 0 Å². The molecule has 3 atom stereocenters. The van der Waals surface area contributed by atoms with Crippen LogP contribution < -0.4 is 15.4 Å². The zero-order valence-corrected chi connectivity index (χ0v) is 17.7. The number of benzene rings is 1. The largest absolute Gasteiger partial charge is 0.504 e. The number of rotatable bonds is 8. The lowest BCUT2D eigenvalue weighted by Gasteiger charge is -2.41. The summed E-state index contributed by atoms with van der Waals surface area (Å²) in [5, 5.41) is 15.4. The number of methoxy groups -OCH3 is 1. The van der Waals surface area contributed by atoms with E-state index in [0.717, 1.165) is 19.3 Å². The molecule has 2 amide bonds. The molecule has 2 aliphatic rings. The van der Waals surface area contributed by atoms with Gasteiger partial charge in [0.25, 0.3) is 5.91 Å². The Morgan fingerprint density at radius 3 is 2.70 bits per heavy atom. The number of aromatic hydroxyl groups is 1. The van der Waals surface area contributed by atoms with Gasteiger partial charge < -0.3 is 25.2 Å². The third-order valence-corrected chi connectivity index (χ3v) is 6.18. The molecule has 0 spiro atoms. The minimum absolute atomic E-state index is 0.00844. The molecular formula is C22H30N2O6. The summed E-state index contributed by atoms with van der Waals surface area (Å²) in [5.74, 6) is -0.884. The number of amides is 2. The fourth-order valence-corrected chi connectivity index (χ4v) is 4.11. The molecule has 2 fully saturated rings. The molecule has 164 valence electrons. The van der Waals surface area contributed by atoms with Gasteiger partial charge in [-0.25, -0.2) is 0 Å². The molecule has 1 aromatic carbocycles. The van der Waals surface area contributed by atoms with Crippen LogP contribution in [-0.2, 0) is 14.3 Å². The van der Waals surface area contributed by atoms with Gasteiger partial charge in [0, 0.05) is 5.56 Å². The van der Waals surface area contributed by atoms with Crippen molar-refractivity contribution < 1.29 is 29.0 Å². The molecule has 8 heteroatoms. The maximum Gasteiger partial charge on any atom is 0.252 e. The summed E-state index contributed by atoms with van der Waals surface area (Å²) in [5.41, 5.74) is 0.246. The van der Waals surface area contributed by atoms with Gasteiger partial charge in [-0.2, -0.15) is 0 Å². The average Bonchev–Trinajstić information content (AvgIpc) is 3.05. The first kappa shape index (κ1) is 22.1. The SMILES string of the molecule is CC[C@@H]1OCC(=O)[C@H]1NC(=O)[C@H](CC1(C)CCC1)NC(=O)c1ccc(O)c(OC)c1. The fourth-order valence-electron chi connectivity index (χ4n) is 4.11. The molecular weight excluding hydrogens is 388 g/mol. The van der Waals surface area contributed by atoms with Crippen molar-refractivity contribution >= 4 is 17.6 Å². The van der Waals surface area contributed by atoms with Crippen molar-refractivity contribution in [3.8, 4) is 11.5 Å². The Hall–Kier alpha value is -2.61. The summed E-state index contributed by atoms with van der Waals surface area (Å²) in [4.78, 5) is 38.0. The van der Waals surface area contributed by atoms with Crippen LogP contribution in [0.1, 0.15) is 56.3 Å².